The minimum absolute atomic E-state index is 0.102. The minimum atomic E-state index is -0.526. The summed E-state index contributed by atoms with van der Waals surface area (Å²) in [5, 5.41) is 13.2. The van der Waals surface area contributed by atoms with Gasteiger partial charge in [-0.2, -0.15) is 5.10 Å². The van der Waals surface area contributed by atoms with E-state index in [9.17, 15) is 4.79 Å². The molecule has 0 aliphatic carbocycles. The highest BCUT2D eigenvalue weighted by Gasteiger charge is 2.38. The van der Waals surface area contributed by atoms with Crippen molar-refractivity contribution in [1.29, 1.82) is 0 Å². The molecule has 0 fully saturated rings. The van der Waals surface area contributed by atoms with Crippen molar-refractivity contribution in [2.75, 3.05) is 6.54 Å². The maximum atomic E-state index is 13.5. The molecule has 11 heteroatoms. The first-order valence-corrected chi connectivity index (χ1v) is 10.3. The molecule has 0 bridgehead atoms. The van der Waals surface area contributed by atoms with E-state index in [0.29, 0.717) is 29.2 Å². The predicted molar refractivity (Wildman–Crippen MR) is 113 cm³/mol. The summed E-state index contributed by atoms with van der Waals surface area (Å²) in [6.45, 7) is 0.435. The maximum Gasteiger partial charge on any atom is 0.312 e. The first-order chi connectivity index (χ1) is 15.7. The van der Waals surface area contributed by atoms with Crippen molar-refractivity contribution >= 4 is 23.0 Å². The van der Waals surface area contributed by atoms with Crippen LogP contribution in [0.25, 0.3) is 17.0 Å². The molecule has 10 nitrogen and oxygen atoms in total. The molecular weight excluding hydrogens is 432 g/mol. The number of pyridine rings is 2. The highest BCUT2D eigenvalue weighted by Crippen LogP contribution is 2.35. The molecule has 32 heavy (non-hydrogen) atoms. The molecule has 1 aliphatic rings. The van der Waals surface area contributed by atoms with E-state index < -0.39 is 11.9 Å². The van der Waals surface area contributed by atoms with Crippen molar-refractivity contribution in [3.8, 4) is 11.5 Å². The highest BCUT2D eigenvalue weighted by atomic mass is 35.5. The summed E-state index contributed by atoms with van der Waals surface area (Å²) in [5.74, 6) is -0.265. The first-order valence-electron chi connectivity index (χ1n) is 9.90. The Hall–Kier alpha value is -4.05. The summed E-state index contributed by atoms with van der Waals surface area (Å²) in [6, 6.07) is 8.50. The molecule has 0 unspecified atom stereocenters. The summed E-state index contributed by atoms with van der Waals surface area (Å²) in [6.07, 6.45) is 7.30. The van der Waals surface area contributed by atoms with Crippen molar-refractivity contribution < 1.29 is 9.21 Å². The van der Waals surface area contributed by atoms with Crippen LogP contribution in [0, 0.1) is 0 Å². The summed E-state index contributed by atoms with van der Waals surface area (Å²) in [7, 11) is 0. The molecule has 6 heterocycles. The molecule has 1 atom stereocenters. The van der Waals surface area contributed by atoms with Crippen molar-refractivity contribution in [2.24, 2.45) is 0 Å². The second-order valence-electron chi connectivity index (χ2n) is 7.33. The minimum Gasteiger partial charge on any atom is -0.412 e. The van der Waals surface area contributed by atoms with Gasteiger partial charge in [0.25, 0.3) is 0 Å². The van der Waals surface area contributed by atoms with Gasteiger partial charge in [-0.25, -0.2) is 9.50 Å². The number of hydrogen-bond acceptors (Lipinski definition) is 7. The van der Waals surface area contributed by atoms with Crippen LogP contribution < -0.4 is 0 Å². The lowest BCUT2D eigenvalue weighted by molar-refractivity contribution is 0.0646. The standard InChI is InChI=1S/C21H15ClN8O2/c22-13-4-2-7-30-16(13)9-15(28-30)18-17-14(24-11-25-17)5-8-29(18)21(31)20-27-26-19(32-20)12-3-1-6-23-10-12/h1-4,6-7,9-11,18H,5,8H2,(H,24,25)/t18-/m0/s1. The van der Waals surface area contributed by atoms with Gasteiger partial charge < -0.3 is 14.3 Å². The molecule has 5 aromatic heterocycles. The van der Waals surface area contributed by atoms with Crippen molar-refractivity contribution in [1.82, 2.24) is 39.7 Å². The van der Waals surface area contributed by atoms with Crippen LogP contribution >= 0.6 is 11.6 Å². The van der Waals surface area contributed by atoms with E-state index in [0.717, 1.165) is 16.9 Å². The molecule has 0 saturated carbocycles. The Morgan fingerprint density at radius 2 is 2.19 bits per heavy atom. The number of nitrogens with zero attached hydrogens (tertiary/aromatic N) is 7. The molecular formula is C21H15ClN8O2. The molecule has 1 N–H and O–H groups in total. The van der Waals surface area contributed by atoms with Crippen LogP contribution in [0.4, 0.5) is 0 Å². The zero-order valence-electron chi connectivity index (χ0n) is 16.5. The van der Waals surface area contributed by atoms with Crippen LogP contribution in [-0.4, -0.2) is 52.1 Å². The van der Waals surface area contributed by atoms with Crippen LogP contribution in [0.2, 0.25) is 5.02 Å². The molecule has 1 amide bonds. The third kappa shape index (κ3) is 2.95. The summed E-state index contributed by atoms with van der Waals surface area (Å²) >= 11 is 6.34. The number of H-pyrrole nitrogens is 1. The van der Waals surface area contributed by atoms with E-state index in [1.54, 1.807) is 46.3 Å². The topological polar surface area (TPSA) is 118 Å². The number of halogens is 1. The van der Waals surface area contributed by atoms with E-state index in [1.165, 1.54) is 0 Å². The van der Waals surface area contributed by atoms with Gasteiger partial charge >= 0.3 is 11.8 Å². The van der Waals surface area contributed by atoms with Gasteiger partial charge in [0.1, 0.15) is 6.04 Å². The molecule has 0 saturated heterocycles. The van der Waals surface area contributed by atoms with Gasteiger partial charge in [-0.15, -0.1) is 10.2 Å². The first kappa shape index (κ1) is 18.7. The van der Waals surface area contributed by atoms with Crippen molar-refractivity contribution in [3.05, 3.63) is 83.2 Å². The number of aromatic amines is 1. The van der Waals surface area contributed by atoms with Gasteiger partial charge in [0, 0.05) is 37.3 Å². The van der Waals surface area contributed by atoms with E-state index in [2.05, 4.69) is 30.2 Å². The largest absolute Gasteiger partial charge is 0.412 e. The number of nitrogens with one attached hydrogen (secondary N) is 1. The van der Waals surface area contributed by atoms with Gasteiger partial charge in [-0.1, -0.05) is 11.6 Å². The van der Waals surface area contributed by atoms with Gasteiger partial charge in [-0.3, -0.25) is 9.78 Å². The van der Waals surface area contributed by atoms with Gasteiger partial charge in [0.2, 0.25) is 5.89 Å². The number of imidazole rings is 1. The third-order valence-corrected chi connectivity index (χ3v) is 5.77. The Morgan fingerprint density at radius 3 is 3.03 bits per heavy atom. The molecule has 0 radical (unpaired) electrons. The van der Waals surface area contributed by atoms with E-state index >= 15 is 0 Å². The van der Waals surface area contributed by atoms with Crippen LogP contribution in [-0.2, 0) is 6.42 Å². The van der Waals surface area contributed by atoms with E-state index in [1.807, 2.05) is 18.3 Å². The van der Waals surface area contributed by atoms with Crippen molar-refractivity contribution in [2.45, 2.75) is 12.5 Å². The summed E-state index contributed by atoms with van der Waals surface area (Å²) in [5.41, 5.74) is 3.72. The number of fused-ring (bicyclic) bond motifs is 2. The molecule has 0 spiro atoms. The number of carbonyl (C=O) groups is 1. The smallest absolute Gasteiger partial charge is 0.312 e. The predicted octanol–water partition coefficient (Wildman–Crippen LogP) is 2.94. The quantitative estimate of drug-likeness (QED) is 0.452. The Labute approximate surface area is 185 Å². The fourth-order valence-corrected chi connectivity index (χ4v) is 4.18. The average Bonchev–Trinajstić information content (AvgIpc) is 3.58. The average molecular weight is 447 g/mol. The summed E-state index contributed by atoms with van der Waals surface area (Å²) in [4.78, 5) is 26.8. The lowest BCUT2D eigenvalue weighted by Crippen LogP contribution is -2.41. The lowest BCUT2D eigenvalue weighted by Gasteiger charge is -2.32. The Bertz CT molecular complexity index is 1440. The number of amides is 1. The van der Waals surface area contributed by atoms with Crippen LogP contribution in [0.1, 0.15) is 33.8 Å². The maximum absolute atomic E-state index is 13.5. The van der Waals surface area contributed by atoms with Gasteiger partial charge in [0.15, 0.2) is 0 Å². The lowest BCUT2D eigenvalue weighted by atomic mass is 9.99. The normalized spacial score (nSPS) is 15.8. The van der Waals surface area contributed by atoms with Crippen LogP contribution in [0.5, 0.6) is 0 Å². The van der Waals surface area contributed by atoms with Gasteiger partial charge in [-0.05, 0) is 30.3 Å². The van der Waals surface area contributed by atoms with E-state index in [4.69, 9.17) is 16.0 Å². The molecule has 6 rings (SSSR count). The number of carbonyl (C=O) groups excluding carboxylic acids is 1. The second-order valence-corrected chi connectivity index (χ2v) is 7.73. The van der Waals surface area contributed by atoms with E-state index in [-0.39, 0.29) is 11.8 Å². The monoisotopic (exact) mass is 446 g/mol. The third-order valence-electron chi connectivity index (χ3n) is 5.45. The van der Waals surface area contributed by atoms with Crippen LogP contribution in [0.15, 0.2) is 59.7 Å². The molecule has 1 aliphatic heterocycles. The Balaban J connectivity index is 1.41. The zero-order valence-corrected chi connectivity index (χ0v) is 17.3. The Morgan fingerprint density at radius 1 is 1.25 bits per heavy atom. The second kappa shape index (κ2) is 7.27. The number of aromatic nitrogens is 7. The zero-order chi connectivity index (χ0) is 21.7. The highest BCUT2D eigenvalue weighted by molar-refractivity contribution is 6.33. The molecule has 0 aromatic carbocycles. The fourth-order valence-electron chi connectivity index (χ4n) is 3.97. The van der Waals surface area contributed by atoms with Crippen molar-refractivity contribution in [3.63, 3.8) is 0 Å². The molecule has 5 aromatic rings. The number of rotatable bonds is 3. The number of hydrogen-bond donors (Lipinski definition) is 1. The Kier molecular flexibility index (Phi) is 4.25. The molecule has 158 valence electrons. The van der Waals surface area contributed by atoms with Crippen LogP contribution in [0.3, 0.4) is 0 Å². The van der Waals surface area contributed by atoms with Gasteiger partial charge in [0.05, 0.1) is 33.8 Å². The fraction of sp³-hybridized carbons (Fsp3) is 0.143. The SMILES string of the molecule is O=C(c1nnc(-c2cccnc2)o1)N1CCc2[nH]cnc2[C@@H]1c1cc2c(Cl)cccn2n1. The summed E-state index contributed by atoms with van der Waals surface area (Å²) < 4.78 is 7.38.